The van der Waals surface area contributed by atoms with Crippen molar-refractivity contribution < 1.29 is 18.7 Å². The van der Waals surface area contributed by atoms with Gasteiger partial charge in [0.1, 0.15) is 0 Å². The molecule has 146 valence electrons. The summed E-state index contributed by atoms with van der Waals surface area (Å²) in [4.78, 5) is 28.5. The third kappa shape index (κ3) is 5.51. The summed E-state index contributed by atoms with van der Waals surface area (Å²) in [6.07, 6.45) is 1.57. The summed E-state index contributed by atoms with van der Waals surface area (Å²) in [5, 5.41) is 7.73. The monoisotopic (exact) mass is 399 g/mol. The average Bonchev–Trinajstić information content (AvgIpc) is 3.37. The number of carbonyl (C=O) groups is 2. The largest absolute Gasteiger partial charge is 0.459 e. The number of aromatic nitrogens is 1. The molecule has 2 amide bonds. The first-order chi connectivity index (χ1) is 13.7. The highest BCUT2D eigenvalue weighted by molar-refractivity contribution is 7.14. The first-order valence-corrected chi connectivity index (χ1v) is 9.74. The Balaban J connectivity index is 1.50. The number of rotatable bonds is 9. The van der Waals surface area contributed by atoms with Crippen LogP contribution in [0.2, 0.25) is 0 Å². The highest BCUT2D eigenvalue weighted by Gasteiger charge is 2.13. The second-order valence-corrected chi connectivity index (χ2v) is 6.79. The summed E-state index contributed by atoms with van der Waals surface area (Å²) in [5.74, 6) is -0.304. The molecule has 3 rings (SSSR count). The van der Waals surface area contributed by atoms with Crippen molar-refractivity contribution >= 4 is 28.3 Å². The molecule has 3 aromatic rings. The van der Waals surface area contributed by atoms with E-state index < -0.39 is 0 Å². The van der Waals surface area contributed by atoms with E-state index in [1.807, 2.05) is 31.2 Å². The number of benzene rings is 1. The van der Waals surface area contributed by atoms with Gasteiger partial charge in [-0.15, -0.1) is 11.3 Å². The summed E-state index contributed by atoms with van der Waals surface area (Å²) in [6.45, 7) is 3.54. The van der Waals surface area contributed by atoms with Gasteiger partial charge in [0.25, 0.3) is 5.91 Å². The van der Waals surface area contributed by atoms with Crippen LogP contribution < -0.4 is 10.6 Å². The minimum Gasteiger partial charge on any atom is -0.459 e. The zero-order chi connectivity index (χ0) is 19.8. The molecule has 0 saturated carbocycles. The molecule has 0 radical (unpaired) electrons. The van der Waals surface area contributed by atoms with Gasteiger partial charge in [-0.05, 0) is 30.2 Å². The van der Waals surface area contributed by atoms with E-state index in [-0.39, 0.29) is 24.0 Å². The molecule has 0 bridgehead atoms. The first-order valence-electron chi connectivity index (χ1n) is 8.86. The van der Waals surface area contributed by atoms with Crippen LogP contribution in [0, 0.1) is 0 Å². The van der Waals surface area contributed by atoms with E-state index in [1.54, 1.807) is 17.5 Å². The maximum Gasteiger partial charge on any atom is 0.293 e. The Hall–Kier alpha value is -2.97. The molecule has 0 unspecified atom stereocenters. The van der Waals surface area contributed by atoms with Gasteiger partial charge in [-0.25, -0.2) is 4.98 Å². The molecule has 0 spiro atoms. The van der Waals surface area contributed by atoms with Crippen molar-refractivity contribution in [2.45, 2.75) is 26.5 Å². The summed E-state index contributed by atoms with van der Waals surface area (Å²) in [5.41, 5.74) is 2.68. The van der Waals surface area contributed by atoms with Crippen LogP contribution in [0.1, 0.15) is 34.3 Å². The Morgan fingerprint density at radius 1 is 1.18 bits per heavy atom. The van der Waals surface area contributed by atoms with Gasteiger partial charge in [0.15, 0.2) is 10.9 Å². The standard InChI is InChI=1S/C20H21N3O4S/c1-2-26-12-15-7-4-3-6-14(15)11-21-18(24)10-16-13-28-20(22-16)23-19(25)17-8-5-9-27-17/h3-9,13H,2,10-12H2,1H3,(H,21,24)(H,22,23,25). The van der Waals surface area contributed by atoms with Crippen molar-refractivity contribution in [3.8, 4) is 0 Å². The van der Waals surface area contributed by atoms with Crippen LogP contribution in [0.4, 0.5) is 5.13 Å². The number of thiazole rings is 1. The van der Waals surface area contributed by atoms with E-state index in [0.29, 0.717) is 30.6 Å². The third-order valence-electron chi connectivity index (χ3n) is 3.91. The van der Waals surface area contributed by atoms with Crippen LogP contribution in [-0.4, -0.2) is 23.4 Å². The predicted octanol–water partition coefficient (Wildman–Crippen LogP) is 3.38. The molecule has 2 N–H and O–H groups in total. The molecule has 0 saturated heterocycles. The van der Waals surface area contributed by atoms with Gasteiger partial charge in [0.2, 0.25) is 5.91 Å². The lowest BCUT2D eigenvalue weighted by atomic mass is 10.1. The Bertz CT molecular complexity index is 921. The molecule has 0 aliphatic heterocycles. The normalized spacial score (nSPS) is 10.6. The predicted molar refractivity (Wildman–Crippen MR) is 106 cm³/mol. The molecule has 8 heteroatoms. The molecular weight excluding hydrogens is 378 g/mol. The van der Waals surface area contributed by atoms with E-state index in [4.69, 9.17) is 9.15 Å². The molecule has 0 aliphatic rings. The van der Waals surface area contributed by atoms with Gasteiger partial charge < -0.3 is 14.5 Å². The summed E-state index contributed by atoms with van der Waals surface area (Å²) in [7, 11) is 0. The molecule has 28 heavy (non-hydrogen) atoms. The van der Waals surface area contributed by atoms with Gasteiger partial charge >= 0.3 is 0 Å². The minimum atomic E-state index is -0.374. The van der Waals surface area contributed by atoms with Gasteiger partial charge in [0, 0.05) is 18.5 Å². The molecular formula is C20H21N3O4S. The number of furan rings is 1. The van der Waals surface area contributed by atoms with Crippen LogP contribution in [0.3, 0.4) is 0 Å². The summed E-state index contributed by atoms with van der Waals surface area (Å²) >= 11 is 1.26. The highest BCUT2D eigenvalue weighted by atomic mass is 32.1. The zero-order valence-electron chi connectivity index (χ0n) is 15.4. The van der Waals surface area contributed by atoms with Crippen molar-refractivity contribution in [3.63, 3.8) is 0 Å². The number of hydrogen-bond acceptors (Lipinski definition) is 6. The Labute approximate surface area is 166 Å². The molecule has 2 heterocycles. The number of ether oxygens (including phenoxy) is 1. The molecule has 1 aromatic carbocycles. The first kappa shape index (κ1) is 19.8. The van der Waals surface area contributed by atoms with Crippen molar-refractivity contribution in [3.05, 3.63) is 70.6 Å². The molecule has 2 aromatic heterocycles. The topological polar surface area (TPSA) is 93.5 Å². The van der Waals surface area contributed by atoms with Crippen molar-refractivity contribution in [2.75, 3.05) is 11.9 Å². The Morgan fingerprint density at radius 3 is 2.75 bits per heavy atom. The van der Waals surface area contributed by atoms with E-state index >= 15 is 0 Å². The lowest BCUT2D eigenvalue weighted by molar-refractivity contribution is -0.120. The van der Waals surface area contributed by atoms with E-state index in [2.05, 4.69) is 15.6 Å². The fourth-order valence-electron chi connectivity index (χ4n) is 2.52. The fraction of sp³-hybridized carbons (Fsp3) is 0.250. The SMILES string of the molecule is CCOCc1ccccc1CNC(=O)Cc1csc(NC(=O)c2ccco2)n1. The summed E-state index contributed by atoms with van der Waals surface area (Å²) in [6, 6.07) is 11.1. The number of nitrogens with zero attached hydrogens (tertiary/aromatic N) is 1. The quantitative estimate of drug-likeness (QED) is 0.575. The van der Waals surface area contributed by atoms with Crippen molar-refractivity contribution in [2.24, 2.45) is 0 Å². The number of hydrogen-bond donors (Lipinski definition) is 2. The van der Waals surface area contributed by atoms with E-state index in [9.17, 15) is 9.59 Å². The molecule has 0 aliphatic carbocycles. The highest BCUT2D eigenvalue weighted by Crippen LogP contribution is 2.17. The maximum absolute atomic E-state index is 12.2. The maximum atomic E-state index is 12.2. The second-order valence-electron chi connectivity index (χ2n) is 5.93. The second kappa shape index (κ2) is 9.82. The minimum absolute atomic E-state index is 0.138. The van der Waals surface area contributed by atoms with Crippen LogP contribution in [0.5, 0.6) is 0 Å². The Morgan fingerprint density at radius 2 is 2.00 bits per heavy atom. The number of carbonyl (C=O) groups excluding carboxylic acids is 2. The van der Waals surface area contributed by atoms with Gasteiger partial charge in [0.05, 0.1) is 25.0 Å². The van der Waals surface area contributed by atoms with E-state index in [1.165, 1.54) is 17.6 Å². The zero-order valence-corrected chi connectivity index (χ0v) is 16.3. The fourth-order valence-corrected chi connectivity index (χ4v) is 3.22. The number of anilines is 1. The van der Waals surface area contributed by atoms with E-state index in [0.717, 1.165) is 11.1 Å². The summed E-state index contributed by atoms with van der Waals surface area (Å²) < 4.78 is 10.5. The molecule has 0 atom stereocenters. The van der Waals surface area contributed by atoms with Gasteiger partial charge in [-0.2, -0.15) is 0 Å². The average molecular weight is 399 g/mol. The lowest BCUT2D eigenvalue weighted by Crippen LogP contribution is -2.25. The lowest BCUT2D eigenvalue weighted by Gasteiger charge is -2.10. The van der Waals surface area contributed by atoms with Crippen LogP contribution in [0.15, 0.2) is 52.5 Å². The Kier molecular flexibility index (Phi) is 6.94. The van der Waals surface area contributed by atoms with Crippen LogP contribution >= 0.6 is 11.3 Å². The molecule has 0 fully saturated rings. The number of amides is 2. The van der Waals surface area contributed by atoms with Crippen molar-refractivity contribution in [1.29, 1.82) is 0 Å². The number of nitrogens with one attached hydrogen (secondary N) is 2. The van der Waals surface area contributed by atoms with Crippen molar-refractivity contribution in [1.82, 2.24) is 10.3 Å². The van der Waals surface area contributed by atoms with Crippen LogP contribution in [0.25, 0.3) is 0 Å². The van der Waals surface area contributed by atoms with Crippen LogP contribution in [-0.2, 0) is 29.1 Å². The third-order valence-corrected chi connectivity index (χ3v) is 4.72. The molecule has 7 nitrogen and oxygen atoms in total. The van der Waals surface area contributed by atoms with Gasteiger partial charge in [-0.3, -0.25) is 14.9 Å². The smallest absolute Gasteiger partial charge is 0.293 e. The van der Waals surface area contributed by atoms with Gasteiger partial charge in [-0.1, -0.05) is 24.3 Å².